The fourth-order valence-corrected chi connectivity index (χ4v) is 1.12. The maximum atomic E-state index is 9.08. The summed E-state index contributed by atoms with van der Waals surface area (Å²) < 4.78 is 1.49. The first-order chi connectivity index (χ1) is 7.06. The lowest BCUT2D eigenvalue weighted by Crippen LogP contribution is -2.49. The van der Waals surface area contributed by atoms with Crippen LogP contribution >= 0.6 is 0 Å². The number of anilines is 2. The molecule has 6 N–H and O–H groups in total. The monoisotopic (exact) mass is 216 g/mol. The van der Waals surface area contributed by atoms with Gasteiger partial charge in [-0.15, -0.1) is 0 Å². The van der Waals surface area contributed by atoms with Gasteiger partial charge in [-0.3, -0.25) is 4.68 Å². The number of aliphatic hydroxyl groups excluding tert-OH is 3. The Kier molecular flexibility index (Phi) is 3.51. The maximum absolute atomic E-state index is 9.08. The van der Waals surface area contributed by atoms with Crippen LogP contribution in [0.4, 0.5) is 11.5 Å². The summed E-state index contributed by atoms with van der Waals surface area (Å²) in [6.45, 7) is -1.26. The molecule has 0 radical (unpaired) electrons. The van der Waals surface area contributed by atoms with Gasteiger partial charge in [0.25, 0.3) is 0 Å². The molecular weight excluding hydrogens is 200 g/mol. The van der Waals surface area contributed by atoms with Crippen molar-refractivity contribution in [2.75, 3.05) is 30.9 Å². The van der Waals surface area contributed by atoms with Crippen molar-refractivity contribution in [3.8, 4) is 0 Å². The Bertz CT molecular complexity index is 313. The van der Waals surface area contributed by atoms with Crippen molar-refractivity contribution in [2.24, 2.45) is 7.05 Å². The number of hydrogen-bond acceptors (Lipinski definition) is 6. The van der Waals surface area contributed by atoms with Crippen LogP contribution < -0.4 is 11.1 Å². The molecule has 0 saturated heterocycles. The summed E-state index contributed by atoms with van der Waals surface area (Å²) in [5, 5.41) is 33.9. The van der Waals surface area contributed by atoms with Crippen LogP contribution in [-0.2, 0) is 7.05 Å². The summed E-state index contributed by atoms with van der Waals surface area (Å²) >= 11 is 0. The molecule has 0 atom stereocenters. The summed E-state index contributed by atoms with van der Waals surface area (Å²) in [7, 11) is 1.69. The van der Waals surface area contributed by atoms with Crippen molar-refractivity contribution in [3.05, 3.63) is 6.20 Å². The normalized spacial score (nSPS) is 11.7. The van der Waals surface area contributed by atoms with E-state index in [9.17, 15) is 0 Å². The van der Waals surface area contributed by atoms with Gasteiger partial charge in [-0.2, -0.15) is 5.10 Å². The second-order valence-electron chi connectivity index (χ2n) is 3.49. The summed E-state index contributed by atoms with van der Waals surface area (Å²) in [5.74, 6) is 0.328. The predicted molar refractivity (Wildman–Crippen MR) is 55.2 cm³/mol. The third-order valence-electron chi connectivity index (χ3n) is 2.15. The number of nitrogens with zero attached hydrogens (tertiary/aromatic N) is 2. The quantitative estimate of drug-likeness (QED) is 0.394. The Morgan fingerprint density at radius 2 is 1.93 bits per heavy atom. The Hall–Kier alpha value is -1.31. The van der Waals surface area contributed by atoms with E-state index in [4.69, 9.17) is 21.1 Å². The standard InChI is InChI=1S/C8H16N4O3/c1-12-2-6(9)7(11-12)10-8(3-13,4-14)5-15/h2,13-15H,3-5,9H2,1H3,(H,10,11). The van der Waals surface area contributed by atoms with Crippen molar-refractivity contribution in [1.82, 2.24) is 9.78 Å². The van der Waals surface area contributed by atoms with Gasteiger partial charge >= 0.3 is 0 Å². The first-order valence-electron chi connectivity index (χ1n) is 4.47. The second-order valence-corrected chi connectivity index (χ2v) is 3.49. The molecule has 0 aliphatic carbocycles. The number of nitrogens with two attached hydrogens (primary N) is 1. The number of nitrogens with one attached hydrogen (secondary N) is 1. The molecule has 0 amide bonds. The molecule has 0 bridgehead atoms. The van der Waals surface area contributed by atoms with Gasteiger partial charge in [0.2, 0.25) is 0 Å². The maximum Gasteiger partial charge on any atom is 0.171 e. The molecule has 1 heterocycles. The largest absolute Gasteiger partial charge is 0.394 e. The fourth-order valence-electron chi connectivity index (χ4n) is 1.12. The zero-order chi connectivity index (χ0) is 11.5. The van der Waals surface area contributed by atoms with Crippen LogP contribution in [0.25, 0.3) is 0 Å². The summed E-state index contributed by atoms with van der Waals surface area (Å²) in [5.41, 5.74) is 4.80. The Morgan fingerprint density at radius 3 is 2.27 bits per heavy atom. The number of nitrogen functional groups attached to an aromatic ring is 1. The summed E-state index contributed by atoms with van der Waals surface area (Å²) in [6.07, 6.45) is 1.58. The average Bonchev–Trinajstić information content (AvgIpc) is 2.54. The summed E-state index contributed by atoms with van der Waals surface area (Å²) in [4.78, 5) is 0. The molecule has 7 heteroatoms. The van der Waals surface area contributed by atoms with E-state index in [0.29, 0.717) is 11.5 Å². The Morgan fingerprint density at radius 1 is 1.40 bits per heavy atom. The highest BCUT2D eigenvalue weighted by atomic mass is 16.3. The molecule has 0 spiro atoms. The lowest BCUT2D eigenvalue weighted by atomic mass is 10.0. The molecule has 1 aromatic heterocycles. The highest BCUT2D eigenvalue weighted by Crippen LogP contribution is 2.19. The highest BCUT2D eigenvalue weighted by molar-refractivity contribution is 5.61. The third-order valence-corrected chi connectivity index (χ3v) is 2.15. The van der Waals surface area contributed by atoms with Gasteiger partial charge in [-0.1, -0.05) is 0 Å². The molecule has 0 aliphatic rings. The van der Waals surface area contributed by atoms with Crippen LogP contribution in [0.5, 0.6) is 0 Å². The van der Waals surface area contributed by atoms with Gasteiger partial charge in [-0.05, 0) is 0 Å². The molecule has 1 aromatic rings. The van der Waals surface area contributed by atoms with Crippen LogP contribution in [0, 0.1) is 0 Å². The zero-order valence-electron chi connectivity index (χ0n) is 8.51. The predicted octanol–water partition coefficient (Wildman–Crippen LogP) is -1.87. The molecule has 86 valence electrons. The fraction of sp³-hybridized carbons (Fsp3) is 0.625. The van der Waals surface area contributed by atoms with Crippen LogP contribution in [0.2, 0.25) is 0 Å². The lowest BCUT2D eigenvalue weighted by molar-refractivity contribution is 0.0831. The average molecular weight is 216 g/mol. The smallest absolute Gasteiger partial charge is 0.171 e. The van der Waals surface area contributed by atoms with Crippen LogP contribution in [0.15, 0.2) is 6.20 Å². The number of aryl methyl sites for hydroxylation is 1. The Balaban J connectivity index is 2.87. The molecule has 0 unspecified atom stereocenters. The molecule has 7 nitrogen and oxygen atoms in total. The van der Waals surface area contributed by atoms with Gasteiger partial charge in [0.05, 0.1) is 25.5 Å². The SMILES string of the molecule is Cn1cc(N)c(NC(CO)(CO)CO)n1. The molecule has 15 heavy (non-hydrogen) atoms. The van der Waals surface area contributed by atoms with Crippen molar-refractivity contribution < 1.29 is 15.3 Å². The van der Waals surface area contributed by atoms with Crippen LogP contribution in [-0.4, -0.2) is 50.5 Å². The van der Waals surface area contributed by atoms with Gasteiger partial charge in [0, 0.05) is 13.2 Å². The van der Waals surface area contributed by atoms with E-state index in [2.05, 4.69) is 10.4 Å². The molecule has 0 aliphatic heterocycles. The van der Waals surface area contributed by atoms with E-state index in [-0.39, 0.29) is 0 Å². The van der Waals surface area contributed by atoms with Crippen molar-refractivity contribution in [1.29, 1.82) is 0 Å². The van der Waals surface area contributed by atoms with E-state index in [1.807, 2.05) is 0 Å². The van der Waals surface area contributed by atoms with E-state index in [0.717, 1.165) is 0 Å². The van der Waals surface area contributed by atoms with Crippen LogP contribution in [0.3, 0.4) is 0 Å². The second kappa shape index (κ2) is 4.47. The van der Waals surface area contributed by atoms with Gasteiger partial charge in [-0.25, -0.2) is 0 Å². The van der Waals surface area contributed by atoms with Crippen molar-refractivity contribution in [3.63, 3.8) is 0 Å². The van der Waals surface area contributed by atoms with Crippen molar-refractivity contribution in [2.45, 2.75) is 5.54 Å². The van der Waals surface area contributed by atoms with Crippen molar-refractivity contribution >= 4 is 11.5 Å². The minimum absolute atomic E-state index is 0.328. The van der Waals surface area contributed by atoms with E-state index in [1.165, 1.54) is 4.68 Å². The van der Waals surface area contributed by atoms with E-state index in [1.54, 1.807) is 13.2 Å². The Labute approximate surface area is 87.1 Å². The number of aromatic nitrogens is 2. The molecule has 0 aromatic carbocycles. The molecule has 0 fully saturated rings. The summed E-state index contributed by atoms with van der Waals surface area (Å²) in [6, 6.07) is 0. The number of rotatable bonds is 5. The topological polar surface area (TPSA) is 117 Å². The highest BCUT2D eigenvalue weighted by Gasteiger charge is 2.29. The van der Waals surface area contributed by atoms with E-state index < -0.39 is 25.4 Å². The molecular formula is C8H16N4O3. The lowest BCUT2D eigenvalue weighted by Gasteiger charge is -2.28. The third kappa shape index (κ3) is 2.38. The van der Waals surface area contributed by atoms with Crippen LogP contribution in [0.1, 0.15) is 0 Å². The van der Waals surface area contributed by atoms with Gasteiger partial charge < -0.3 is 26.4 Å². The molecule has 1 rings (SSSR count). The zero-order valence-corrected chi connectivity index (χ0v) is 8.51. The minimum Gasteiger partial charge on any atom is -0.394 e. The van der Waals surface area contributed by atoms with E-state index >= 15 is 0 Å². The number of hydrogen-bond donors (Lipinski definition) is 5. The molecule has 0 saturated carbocycles. The number of aliphatic hydroxyl groups is 3. The first kappa shape index (κ1) is 11.8. The van der Waals surface area contributed by atoms with Gasteiger partial charge in [0.1, 0.15) is 5.54 Å². The minimum atomic E-state index is -1.21. The first-order valence-corrected chi connectivity index (χ1v) is 4.47. The van der Waals surface area contributed by atoms with Gasteiger partial charge in [0.15, 0.2) is 5.82 Å².